The zero-order valence-electron chi connectivity index (χ0n) is 14.5. The van der Waals surface area contributed by atoms with Crippen LogP contribution in [0.15, 0.2) is 0 Å². The molecule has 0 aromatic carbocycles. The summed E-state index contributed by atoms with van der Waals surface area (Å²) >= 11 is 0. The molecule has 2 fully saturated rings. The molecule has 0 spiro atoms. The molecule has 0 aromatic heterocycles. The van der Waals surface area contributed by atoms with Gasteiger partial charge in [-0.1, -0.05) is 54.4 Å². The quantitative estimate of drug-likeness (QED) is 0.637. The molecule has 2 rings (SSSR count). The van der Waals surface area contributed by atoms with Crippen molar-refractivity contribution in [2.75, 3.05) is 0 Å². The Morgan fingerprint density at radius 2 is 1.60 bits per heavy atom. The van der Waals surface area contributed by atoms with Crippen LogP contribution in [0.4, 0.5) is 0 Å². The first-order chi connectivity index (χ1) is 9.08. The zero-order valence-corrected chi connectivity index (χ0v) is 14.5. The molecule has 2 saturated carbocycles. The van der Waals surface area contributed by atoms with Crippen molar-refractivity contribution < 1.29 is 4.79 Å². The third-order valence-corrected chi connectivity index (χ3v) is 6.90. The summed E-state index contributed by atoms with van der Waals surface area (Å²) < 4.78 is 0. The van der Waals surface area contributed by atoms with Crippen LogP contribution in [0.5, 0.6) is 0 Å². The molecular formula is C19H34O. The van der Waals surface area contributed by atoms with Gasteiger partial charge in [-0.15, -0.1) is 0 Å². The molecule has 0 saturated heterocycles. The molecule has 0 aromatic rings. The number of hydrogen-bond donors (Lipinski definition) is 0. The molecule has 1 unspecified atom stereocenters. The van der Waals surface area contributed by atoms with Crippen LogP contribution >= 0.6 is 0 Å². The molecule has 2 aliphatic rings. The van der Waals surface area contributed by atoms with Gasteiger partial charge in [0, 0.05) is 11.8 Å². The van der Waals surface area contributed by atoms with Crippen LogP contribution in [0, 0.1) is 28.1 Å². The Bertz CT molecular complexity index is 371. The summed E-state index contributed by atoms with van der Waals surface area (Å²) in [6.45, 7) is 13.8. The topological polar surface area (TPSA) is 17.1 Å². The van der Waals surface area contributed by atoms with Crippen LogP contribution in [0.2, 0.25) is 0 Å². The van der Waals surface area contributed by atoms with Crippen LogP contribution < -0.4 is 0 Å². The highest BCUT2D eigenvalue weighted by Crippen LogP contribution is 2.64. The molecule has 0 aliphatic heterocycles. The first kappa shape index (κ1) is 16.0. The minimum absolute atomic E-state index is 0.0237. The second-order valence-electron chi connectivity index (χ2n) is 9.26. The molecule has 20 heavy (non-hydrogen) atoms. The van der Waals surface area contributed by atoms with Gasteiger partial charge in [0.05, 0.1) is 0 Å². The number of Topliss-reactive ketones (excluding diaryl/α,β-unsaturated/α-hetero) is 1. The maximum absolute atomic E-state index is 12.5. The van der Waals surface area contributed by atoms with Crippen LogP contribution in [0.3, 0.4) is 0 Å². The highest BCUT2D eigenvalue weighted by Gasteiger charge is 2.61. The Morgan fingerprint density at radius 3 is 2.05 bits per heavy atom. The van der Waals surface area contributed by atoms with E-state index in [-0.39, 0.29) is 10.8 Å². The maximum atomic E-state index is 12.5. The maximum Gasteiger partial charge on any atom is 0.139 e. The average molecular weight is 278 g/mol. The van der Waals surface area contributed by atoms with Gasteiger partial charge < -0.3 is 0 Å². The monoisotopic (exact) mass is 278 g/mol. The Morgan fingerprint density at radius 1 is 1.10 bits per heavy atom. The molecule has 2 aliphatic carbocycles. The molecule has 116 valence electrons. The van der Waals surface area contributed by atoms with E-state index in [2.05, 4.69) is 41.5 Å². The van der Waals surface area contributed by atoms with E-state index in [1.807, 2.05) is 0 Å². The lowest BCUT2D eigenvalue weighted by Gasteiger charge is -2.39. The van der Waals surface area contributed by atoms with Gasteiger partial charge in [-0.3, -0.25) is 4.79 Å². The Kier molecular flexibility index (Phi) is 4.13. The minimum atomic E-state index is -0.0237. The Labute approximate surface area is 125 Å². The summed E-state index contributed by atoms with van der Waals surface area (Å²) in [5.41, 5.74) is 0.559. The van der Waals surface area contributed by atoms with Gasteiger partial charge in [-0.05, 0) is 48.3 Å². The molecule has 0 amide bonds. The molecule has 0 bridgehead atoms. The van der Waals surface area contributed by atoms with E-state index in [1.165, 1.54) is 25.7 Å². The largest absolute Gasteiger partial charge is 0.299 e. The molecule has 0 radical (unpaired) electrons. The molecule has 1 heteroatoms. The van der Waals surface area contributed by atoms with E-state index in [4.69, 9.17) is 0 Å². The van der Waals surface area contributed by atoms with E-state index in [0.717, 1.165) is 31.1 Å². The number of ketones is 1. The lowest BCUT2D eigenvalue weighted by Crippen LogP contribution is -2.29. The van der Waals surface area contributed by atoms with Crippen LogP contribution in [-0.4, -0.2) is 5.78 Å². The molecule has 1 atom stereocenters. The Hall–Kier alpha value is -0.330. The van der Waals surface area contributed by atoms with Crippen LogP contribution in [-0.2, 0) is 4.79 Å². The third kappa shape index (κ3) is 2.97. The summed E-state index contributed by atoms with van der Waals surface area (Å²) in [6, 6.07) is 0. The van der Waals surface area contributed by atoms with Crippen molar-refractivity contribution >= 4 is 5.78 Å². The van der Waals surface area contributed by atoms with Gasteiger partial charge in [-0.25, -0.2) is 0 Å². The molecule has 0 N–H and O–H groups in total. The zero-order chi connectivity index (χ0) is 15.2. The van der Waals surface area contributed by atoms with Crippen molar-refractivity contribution in [3.63, 3.8) is 0 Å². The smallest absolute Gasteiger partial charge is 0.139 e. The third-order valence-electron chi connectivity index (χ3n) is 6.90. The van der Waals surface area contributed by atoms with Crippen molar-refractivity contribution in [1.29, 1.82) is 0 Å². The second kappa shape index (κ2) is 5.14. The van der Waals surface area contributed by atoms with E-state index >= 15 is 0 Å². The highest BCUT2D eigenvalue weighted by molar-refractivity contribution is 5.88. The van der Waals surface area contributed by atoms with E-state index in [9.17, 15) is 4.79 Å². The molecule has 1 nitrogen and oxygen atoms in total. The number of carbonyl (C=O) groups is 1. The minimum Gasteiger partial charge on any atom is -0.299 e. The summed E-state index contributed by atoms with van der Waals surface area (Å²) in [5.74, 6) is 2.25. The van der Waals surface area contributed by atoms with Crippen LogP contribution in [0.1, 0.15) is 86.5 Å². The first-order valence-electron chi connectivity index (χ1n) is 8.62. The first-order valence-corrected chi connectivity index (χ1v) is 8.62. The molecular weight excluding hydrogens is 244 g/mol. The standard InChI is InChI=1S/C19H34O/c1-14-7-9-15(10-8-14)17(2,3)12-11-16(20)19(6)13-18(19,4)5/h14-15H,7-13H2,1-6H3. The fourth-order valence-corrected chi connectivity index (χ4v) is 4.27. The van der Waals surface area contributed by atoms with E-state index in [1.54, 1.807) is 0 Å². The highest BCUT2D eigenvalue weighted by atomic mass is 16.1. The summed E-state index contributed by atoms with van der Waals surface area (Å²) in [5, 5.41) is 0. The van der Waals surface area contributed by atoms with Gasteiger partial charge >= 0.3 is 0 Å². The van der Waals surface area contributed by atoms with Gasteiger partial charge in [0.25, 0.3) is 0 Å². The van der Waals surface area contributed by atoms with Crippen molar-refractivity contribution in [1.82, 2.24) is 0 Å². The summed E-state index contributed by atoms with van der Waals surface area (Å²) in [7, 11) is 0. The SMILES string of the molecule is CC1CCC(C(C)(C)CCC(=O)C2(C)CC2(C)C)CC1. The fourth-order valence-electron chi connectivity index (χ4n) is 4.27. The predicted octanol–water partition coefficient (Wildman–Crippen LogP) is 5.62. The second-order valence-corrected chi connectivity index (χ2v) is 9.26. The van der Waals surface area contributed by atoms with Crippen molar-refractivity contribution in [3.8, 4) is 0 Å². The van der Waals surface area contributed by atoms with Gasteiger partial charge in [0.1, 0.15) is 5.78 Å². The van der Waals surface area contributed by atoms with Crippen LogP contribution in [0.25, 0.3) is 0 Å². The normalized spacial score (nSPS) is 36.7. The summed E-state index contributed by atoms with van der Waals surface area (Å²) in [6.07, 6.45) is 8.45. The van der Waals surface area contributed by atoms with E-state index < -0.39 is 0 Å². The Balaban J connectivity index is 1.85. The number of carbonyl (C=O) groups excluding carboxylic acids is 1. The fraction of sp³-hybridized carbons (Fsp3) is 0.947. The van der Waals surface area contributed by atoms with Crippen molar-refractivity contribution in [2.45, 2.75) is 86.5 Å². The lowest BCUT2D eigenvalue weighted by molar-refractivity contribution is -0.125. The number of hydrogen-bond acceptors (Lipinski definition) is 1. The van der Waals surface area contributed by atoms with Crippen molar-refractivity contribution in [3.05, 3.63) is 0 Å². The van der Waals surface area contributed by atoms with Crippen molar-refractivity contribution in [2.24, 2.45) is 28.1 Å². The van der Waals surface area contributed by atoms with E-state index in [0.29, 0.717) is 11.2 Å². The number of rotatable bonds is 5. The summed E-state index contributed by atoms with van der Waals surface area (Å²) in [4.78, 5) is 12.5. The lowest BCUT2D eigenvalue weighted by atomic mass is 9.66. The van der Waals surface area contributed by atoms with Gasteiger partial charge in [0.15, 0.2) is 0 Å². The van der Waals surface area contributed by atoms with Gasteiger partial charge in [-0.2, -0.15) is 0 Å². The molecule has 0 heterocycles. The van der Waals surface area contributed by atoms with Gasteiger partial charge in [0.2, 0.25) is 0 Å². The predicted molar refractivity (Wildman–Crippen MR) is 85.6 cm³/mol. The average Bonchev–Trinajstić information content (AvgIpc) is 2.87.